The van der Waals surface area contributed by atoms with E-state index >= 15 is 0 Å². The van der Waals surface area contributed by atoms with Gasteiger partial charge in [-0.25, -0.2) is 0 Å². The van der Waals surface area contributed by atoms with Crippen molar-refractivity contribution in [3.8, 4) is 0 Å². The van der Waals surface area contributed by atoms with Crippen molar-refractivity contribution in [2.45, 2.75) is 91.6 Å². The van der Waals surface area contributed by atoms with Crippen molar-refractivity contribution in [3.63, 3.8) is 0 Å². The summed E-state index contributed by atoms with van der Waals surface area (Å²) in [6, 6.07) is 0. The Balaban J connectivity index is 2.57. The molecule has 1 rings (SSSR count). The Morgan fingerprint density at radius 2 is 1.90 bits per heavy atom. The van der Waals surface area contributed by atoms with E-state index in [1.807, 2.05) is 0 Å². The second-order valence-electron chi connectivity index (χ2n) is 7.85. The highest BCUT2D eigenvalue weighted by Gasteiger charge is 2.54. The van der Waals surface area contributed by atoms with E-state index < -0.39 is 0 Å². The molecule has 1 aliphatic carbocycles. The standard InChI is InChI=1S/C19H36O2/c1-15(2)11-8-7-9-13-17(20)18(4)14-10-12-16(3)19(18,5)21-6/h15-16H,7-14H2,1-6H3. The van der Waals surface area contributed by atoms with E-state index in [9.17, 15) is 4.79 Å². The minimum atomic E-state index is -0.308. The van der Waals surface area contributed by atoms with E-state index in [1.165, 1.54) is 25.7 Å². The molecule has 0 radical (unpaired) electrons. The van der Waals surface area contributed by atoms with E-state index in [-0.39, 0.29) is 11.0 Å². The predicted molar refractivity (Wildman–Crippen MR) is 89.5 cm³/mol. The van der Waals surface area contributed by atoms with Crippen LogP contribution in [0.3, 0.4) is 0 Å². The second kappa shape index (κ2) is 7.76. The Morgan fingerprint density at radius 3 is 2.48 bits per heavy atom. The summed E-state index contributed by atoms with van der Waals surface area (Å²) in [5.74, 6) is 1.64. The lowest BCUT2D eigenvalue weighted by molar-refractivity contribution is -0.171. The lowest BCUT2D eigenvalue weighted by Crippen LogP contribution is -2.56. The molecule has 0 bridgehead atoms. The maximum Gasteiger partial charge on any atom is 0.141 e. The van der Waals surface area contributed by atoms with Gasteiger partial charge in [0.2, 0.25) is 0 Å². The molecular weight excluding hydrogens is 260 g/mol. The number of carbonyl (C=O) groups excluding carboxylic acids is 1. The van der Waals surface area contributed by atoms with Crippen LogP contribution in [0.5, 0.6) is 0 Å². The highest BCUT2D eigenvalue weighted by molar-refractivity contribution is 5.86. The lowest BCUT2D eigenvalue weighted by atomic mass is 9.58. The van der Waals surface area contributed by atoms with Gasteiger partial charge in [-0.3, -0.25) is 4.79 Å². The van der Waals surface area contributed by atoms with Crippen molar-refractivity contribution in [3.05, 3.63) is 0 Å². The Bertz CT molecular complexity index is 336. The molecule has 21 heavy (non-hydrogen) atoms. The fourth-order valence-corrected chi connectivity index (χ4v) is 3.96. The number of rotatable bonds is 8. The second-order valence-corrected chi connectivity index (χ2v) is 7.85. The molecule has 3 atom stereocenters. The first kappa shape index (κ1) is 18.7. The van der Waals surface area contributed by atoms with Crippen molar-refractivity contribution in [1.29, 1.82) is 0 Å². The number of hydrogen-bond donors (Lipinski definition) is 0. The van der Waals surface area contributed by atoms with Gasteiger partial charge in [0.15, 0.2) is 0 Å². The summed E-state index contributed by atoms with van der Waals surface area (Å²) in [7, 11) is 1.77. The topological polar surface area (TPSA) is 26.3 Å². The van der Waals surface area contributed by atoms with Crippen LogP contribution in [-0.4, -0.2) is 18.5 Å². The maximum atomic E-state index is 12.9. The largest absolute Gasteiger partial charge is 0.377 e. The monoisotopic (exact) mass is 296 g/mol. The lowest BCUT2D eigenvalue weighted by Gasteiger charge is -2.51. The highest BCUT2D eigenvalue weighted by Crippen LogP contribution is 2.50. The molecule has 3 unspecified atom stereocenters. The third-order valence-corrected chi connectivity index (χ3v) is 6.07. The smallest absolute Gasteiger partial charge is 0.141 e. The number of carbonyl (C=O) groups is 1. The Labute approximate surface area is 132 Å². The summed E-state index contributed by atoms with van der Waals surface area (Å²) >= 11 is 0. The van der Waals surface area contributed by atoms with Gasteiger partial charge in [0, 0.05) is 13.5 Å². The van der Waals surface area contributed by atoms with Crippen LogP contribution in [0.4, 0.5) is 0 Å². The van der Waals surface area contributed by atoms with E-state index in [4.69, 9.17) is 4.74 Å². The number of hydrogen-bond acceptors (Lipinski definition) is 2. The molecule has 0 aromatic heterocycles. The minimum Gasteiger partial charge on any atom is -0.377 e. The Kier molecular flexibility index (Phi) is 6.90. The van der Waals surface area contributed by atoms with Crippen molar-refractivity contribution in [2.75, 3.05) is 7.11 Å². The molecule has 124 valence electrons. The first-order chi connectivity index (χ1) is 9.78. The highest BCUT2D eigenvalue weighted by atomic mass is 16.5. The quantitative estimate of drug-likeness (QED) is 0.561. The number of ether oxygens (including phenoxy) is 1. The van der Waals surface area contributed by atoms with E-state index in [1.54, 1.807) is 7.11 Å². The molecule has 0 N–H and O–H groups in total. The van der Waals surface area contributed by atoms with Crippen LogP contribution < -0.4 is 0 Å². The van der Waals surface area contributed by atoms with Gasteiger partial charge in [0.1, 0.15) is 5.78 Å². The van der Waals surface area contributed by atoms with Gasteiger partial charge in [-0.1, -0.05) is 46.5 Å². The normalized spacial score (nSPS) is 33.4. The molecule has 1 saturated carbocycles. The summed E-state index contributed by atoms with van der Waals surface area (Å²) in [5.41, 5.74) is -0.613. The molecule has 1 aliphatic rings. The summed E-state index contributed by atoms with van der Waals surface area (Å²) in [5, 5.41) is 0. The van der Waals surface area contributed by atoms with Gasteiger partial charge in [-0.2, -0.15) is 0 Å². The first-order valence-corrected chi connectivity index (χ1v) is 8.86. The number of Topliss-reactive ketones (excluding diaryl/α,β-unsaturated/α-hetero) is 1. The van der Waals surface area contributed by atoms with E-state index in [0.717, 1.165) is 31.6 Å². The van der Waals surface area contributed by atoms with Crippen LogP contribution >= 0.6 is 0 Å². The maximum absolute atomic E-state index is 12.9. The Morgan fingerprint density at radius 1 is 1.24 bits per heavy atom. The predicted octanol–water partition coefficient (Wildman–Crippen LogP) is 5.39. The van der Waals surface area contributed by atoms with Gasteiger partial charge < -0.3 is 4.74 Å². The molecule has 0 aliphatic heterocycles. The SMILES string of the molecule is COC1(C)C(C)CCCC1(C)C(=O)CCCCCC(C)C. The van der Waals surface area contributed by atoms with Crippen LogP contribution in [0, 0.1) is 17.3 Å². The fourth-order valence-electron chi connectivity index (χ4n) is 3.96. The van der Waals surface area contributed by atoms with Crippen molar-refractivity contribution in [2.24, 2.45) is 17.3 Å². The number of unbranched alkanes of at least 4 members (excludes halogenated alkanes) is 2. The van der Waals surface area contributed by atoms with Crippen molar-refractivity contribution in [1.82, 2.24) is 0 Å². The number of ketones is 1. The molecular formula is C19H36O2. The fraction of sp³-hybridized carbons (Fsp3) is 0.947. The average Bonchev–Trinajstić information content (AvgIpc) is 2.43. The van der Waals surface area contributed by atoms with E-state index in [0.29, 0.717) is 11.7 Å². The molecule has 1 fully saturated rings. The summed E-state index contributed by atoms with van der Waals surface area (Å²) in [4.78, 5) is 12.9. The third kappa shape index (κ3) is 4.09. The molecule has 0 heterocycles. The molecule has 2 heteroatoms. The molecule has 0 amide bonds. The van der Waals surface area contributed by atoms with Crippen LogP contribution in [0.15, 0.2) is 0 Å². The molecule has 0 aromatic carbocycles. The van der Waals surface area contributed by atoms with Gasteiger partial charge in [-0.15, -0.1) is 0 Å². The summed E-state index contributed by atoms with van der Waals surface area (Å²) in [6.07, 6.45) is 8.76. The van der Waals surface area contributed by atoms with Crippen LogP contribution in [-0.2, 0) is 9.53 Å². The number of methoxy groups -OCH3 is 1. The van der Waals surface area contributed by atoms with Gasteiger partial charge in [-0.05, 0) is 44.9 Å². The summed E-state index contributed by atoms with van der Waals surface area (Å²) < 4.78 is 5.87. The molecule has 0 spiro atoms. The average molecular weight is 296 g/mol. The van der Waals surface area contributed by atoms with Gasteiger partial charge in [0.25, 0.3) is 0 Å². The van der Waals surface area contributed by atoms with E-state index in [2.05, 4.69) is 34.6 Å². The molecule has 0 aromatic rings. The first-order valence-electron chi connectivity index (χ1n) is 8.86. The van der Waals surface area contributed by atoms with Crippen molar-refractivity contribution < 1.29 is 9.53 Å². The zero-order chi connectivity index (χ0) is 16.1. The zero-order valence-corrected chi connectivity index (χ0v) is 15.1. The van der Waals surface area contributed by atoms with Crippen LogP contribution in [0.1, 0.15) is 86.0 Å². The molecule has 0 saturated heterocycles. The Hall–Kier alpha value is -0.370. The third-order valence-electron chi connectivity index (χ3n) is 6.07. The zero-order valence-electron chi connectivity index (χ0n) is 15.1. The van der Waals surface area contributed by atoms with Gasteiger partial charge in [0.05, 0.1) is 11.0 Å². The van der Waals surface area contributed by atoms with Crippen molar-refractivity contribution >= 4 is 5.78 Å². The summed E-state index contributed by atoms with van der Waals surface area (Å²) in [6.45, 7) is 11.0. The minimum absolute atomic E-state index is 0.305. The van der Waals surface area contributed by atoms with Crippen LogP contribution in [0.25, 0.3) is 0 Å². The van der Waals surface area contributed by atoms with Crippen LogP contribution in [0.2, 0.25) is 0 Å². The van der Waals surface area contributed by atoms with Gasteiger partial charge >= 0.3 is 0 Å². The molecule has 2 nitrogen and oxygen atoms in total.